The minimum atomic E-state index is -0.567. The summed E-state index contributed by atoms with van der Waals surface area (Å²) in [4.78, 5) is 14.4. The number of rotatable bonds is 6. The van der Waals surface area contributed by atoms with Crippen LogP contribution in [0.4, 0.5) is 5.82 Å². The number of anilines is 1. The van der Waals surface area contributed by atoms with Crippen molar-refractivity contribution in [2.45, 2.75) is 79.8 Å². The smallest absolute Gasteiger partial charge is 0.136 e. The number of aliphatic hydroxyl groups excluding tert-OH is 2. The zero-order chi connectivity index (χ0) is 19.3. The van der Waals surface area contributed by atoms with E-state index in [1.165, 1.54) is 49.1 Å². The second-order valence-corrected chi connectivity index (χ2v) is 10.3. The summed E-state index contributed by atoms with van der Waals surface area (Å²) in [5.74, 6) is 2.79. The minimum absolute atomic E-state index is 0.203. The standard InChI is InChI=1S/C21H32N4O2S/c1-24(14-6-7-14)20-19-15-4-2-3-5-16(15)28-21(19)23-17(22-20)10-18(27)25-9-8-13(11-25)12-26/h13-16,18,26-27H,2-12H2,1H3. The molecule has 2 saturated carbocycles. The van der Waals surface area contributed by atoms with E-state index in [2.05, 4.69) is 16.8 Å². The summed E-state index contributed by atoms with van der Waals surface area (Å²) >= 11 is 1.96. The molecule has 7 heteroatoms. The summed E-state index contributed by atoms with van der Waals surface area (Å²) in [6.45, 7) is 1.80. The van der Waals surface area contributed by atoms with E-state index >= 15 is 0 Å². The molecule has 5 rings (SSSR count). The fourth-order valence-corrected chi connectivity index (χ4v) is 6.71. The molecule has 0 spiro atoms. The molecule has 2 aliphatic heterocycles. The fourth-order valence-electron chi connectivity index (χ4n) is 5.18. The van der Waals surface area contributed by atoms with Crippen molar-refractivity contribution in [3.63, 3.8) is 0 Å². The number of hydrogen-bond donors (Lipinski definition) is 2. The highest BCUT2D eigenvalue weighted by atomic mass is 32.2. The van der Waals surface area contributed by atoms with Gasteiger partial charge in [0, 0.05) is 55.9 Å². The Morgan fingerprint density at radius 2 is 2.00 bits per heavy atom. The van der Waals surface area contributed by atoms with Gasteiger partial charge in [0.2, 0.25) is 0 Å². The third kappa shape index (κ3) is 3.55. The lowest BCUT2D eigenvalue weighted by Gasteiger charge is -2.28. The van der Waals surface area contributed by atoms with Crippen molar-refractivity contribution < 1.29 is 10.2 Å². The van der Waals surface area contributed by atoms with Gasteiger partial charge in [0.1, 0.15) is 22.9 Å². The molecule has 0 bridgehead atoms. The largest absolute Gasteiger partial charge is 0.396 e. The van der Waals surface area contributed by atoms with Crippen LogP contribution in [-0.4, -0.2) is 69.3 Å². The zero-order valence-electron chi connectivity index (χ0n) is 16.8. The molecule has 2 aliphatic carbocycles. The predicted octanol–water partition coefficient (Wildman–Crippen LogP) is 2.38. The van der Waals surface area contributed by atoms with Gasteiger partial charge in [-0.25, -0.2) is 9.97 Å². The van der Waals surface area contributed by atoms with E-state index in [0.717, 1.165) is 31.2 Å². The Morgan fingerprint density at radius 1 is 1.18 bits per heavy atom. The lowest BCUT2D eigenvalue weighted by molar-refractivity contribution is 0.0154. The number of fused-ring (bicyclic) bond motifs is 3. The molecule has 0 radical (unpaired) electrons. The van der Waals surface area contributed by atoms with Crippen molar-refractivity contribution in [1.29, 1.82) is 0 Å². The van der Waals surface area contributed by atoms with E-state index in [1.807, 2.05) is 11.8 Å². The van der Waals surface area contributed by atoms with Gasteiger partial charge in [-0.3, -0.25) is 4.90 Å². The summed E-state index contributed by atoms with van der Waals surface area (Å²) in [6.07, 6.45) is 8.55. The third-order valence-corrected chi connectivity index (χ3v) is 8.47. The molecule has 3 fully saturated rings. The van der Waals surface area contributed by atoms with Gasteiger partial charge in [-0.1, -0.05) is 12.8 Å². The molecule has 6 nitrogen and oxygen atoms in total. The highest BCUT2D eigenvalue weighted by Crippen LogP contribution is 2.54. The van der Waals surface area contributed by atoms with Crippen LogP contribution in [0.25, 0.3) is 0 Å². The molecule has 0 amide bonds. The van der Waals surface area contributed by atoms with Crippen LogP contribution in [0.15, 0.2) is 5.03 Å². The molecule has 154 valence electrons. The van der Waals surface area contributed by atoms with Crippen molar-refractivity contribution in [3.8, 4) is 0 Å². The van der Waals surface area contributed by atoms with Gasteiger partial charge in [-0.05, 0) is 38.0 Å². The SMILES string of the molecule is CN(c1nc(CC(O)N2CCC(CO)C2)nc2c1C1CCCCC1S2)C1CC1. The van der Waals surface area contributed by atoms with Gasteiger partial charge in [0.05, 0.1) is 0 Å². The Bertz CT molecular complexity index is 729. The molecule has 0 aromatic carbocycles. The number of aromatic nitrogens is 2. The Labute approximate surface area is 171 Å². The summed E-state index contributed by atoms with van der Waals surface area (Å²) in [5, 5.41) is 22.0. The van der Waals surface area contributed by atoms with Crippen LogP contribution in [0.1, 0.15) is 62.3 Å². The van der Waals surface area contributed by atoms with Crippen molar-refractivity contribution in [1.82, 2.24) is 14.9 Å². The molecular formula is C21H32N4O2S. The minimum Gasteiger partial charge on any atom is -0.396 e. The van der Waals surface area contributed by atoms with Gasteiger partial charge < -0.3 is 15.1 Å². The average Bonchev–Trinajstić information content (AvgIpc) is 3.32. The topological polar surface area (TPSA) is 72.7 Å². The fraction of sp³-hybridized carbons (Fsp3) is 0.810. The Morgan fingerprint density at radius 3 is 2.75 bits per heavy atom. The zero-order valence-corrected chi connectivity index (χ0v) is 17.6. The Kier molecular flexibility index (Phi) is 5.28. The van der Waals surface area contributed by atoms with E-state index in [4.69, 9.17) is 9.97 Å². The summed E-state index contributed by atoms with van der Waals surface area (Å²) in [5.41, 5.74) is 1.39. The maximum Gasteiger partial charge on any atom is 0.136 e. The van der Waals surface area contributed by atoms with Crippen molar-refractivity contribution in [2.24, 2.45) is 5.92 Å². The molecular weight excluding hydrogens is 372 g/mol. The van der Waals surface area contributed by atoms with Gasteiger partial charge in [-0.15, -0.1) is 11.8 Å². The monoisotopic (exact) mass is 404 g/mol. The average molecular weight is 405 g/mol. The van der Waals surface area contributed by atoms with Crippen LogP contribution in [0.3, 0.4) is 0 Å². The highest BCUT2D eigenvalue weighted by Gasteiger charge is 2.41. The van der Waals surface area contributed by atoms with Crippen molar-refractivity contribution in [2.75, 3.05) is 31.6 Å². The molecule has 1 aromatic rings. The third-order valence-electron chi connectivity index (χ3n) is 7.06. The Balaban J connectivity index is 1.41. The second kappa shape index (κ2) is 7.74. The molecule has 4 atom stereocenters. The quantitative estimate of drug-likeness (QED) is 0.705. The molecule has 1 aromatic heterocycles. The number of hydrogen-bond acceptors (Lipinski definition) is 7. The first-order valence-electron chi connectivity index (χ1n) is 11.0. The highest BCUT2D eigenvalue weighted by molar-refractivity contribution is 8.00. The maximum atomic E-state index is 10.8. The Hall–Kier alpha value is -0.890. The number of aliphatic hydroxyl groups is 2. The summed E-state index contributed by atoms with van der Waals surface area (Å²) in [6, 6.07) is 0.619. The summed E-state index contributed by atoms with van der Waals surface area (Å²) in [7, 11) is 2.19. The van der Waals surface area contributed by atoms with Crippen LogP contribution in [-0.2, 0) is 6.42 Å². The van der Waals surface area contributed by atoms with E-state index < -0.39 is 6.23 Å². The summed E-state index contributed by atoms with van der Waals surface area (Å²) < 4.78 is 0. The van der Waals surface area contributed by atoms with E-state index in [-0.39, 0.29) is 12.5 Å². The van der Waals surface area contributed by atoms with E-state index in [9.17, 15) is 10.2 Å². The van der Waals surface area contributed by atoms with Crippen LogP contribution >= 0.6 is 11.8 Å². The molecule has 4 unspecified atom stereocenters. The first-order valence-corrected chi connectivity index (χ1v) is 11.8. The van der Waals surface area contributed by atoms with E-state index in [1.54, 1.807) is 0 Å². The number of nitrogens with zero attached hydrogens (tertiary/aromatic N) is 4. The molecule has 3 heterocycles. The number of thioether (sulfide) groups is 1. The lowest BCUT2D eigenvalue weighted by Crippen LogP contribution is -2.36. The van der Waals surface area contributed by atoms with Crippen LogP contribution in [0.2, 0.25) is 0 Å². The van der Waals surface area contributed by atoms with Crippen molar-refractivity contribution in [3.05, 3.63) is 11.4 Å². The van der Waals surface area contributed by atoms with Crippen LogP contribution in [0, 0.1) is 5.92 Å². The number of likely N-dealkylation sites (tertiary alicyclic amines) is 1. The molecule has 2 N–H and O–H groups in total. The van der Waals surface area contributed by atoms with Gasteiger partial charge >= 0.3 is 0 Å². The second-order valence-electron chi connectivity index (χ2n) is 9.09. The van der Waals surface area contributed by atoms with Gasteiger partial charge in [-0.2, -0.15) is 0 Å². The maximum absolute atomic E-state index is 10.8. The molecule has 28 heavy (non-hydrogen) atoms. The predicted molar refractivity (Wildman–Crippen MR) is 111 cm³/mol. The van der Waals surface area contributed by atoms with Gasteiger partial charge in [0.15, 0.2) is 0 Å². The van der Waals surface area contributed by atoms with Crippen LogP contribution in [0.5, 0.6) is 0 Å². The van der Waals surface area contributed by atoms with Crippen LogP contribution < -0.4 is 4.90 Å². The first-order chi connectivity index (χ1) is 13.6. The van der Waals surface area contributed by atoms with E-state index in [0.29, 0.717) is 23.6 Å². The van der Waals surface area contributed by atoms with Gasteiger partial charge in [0.25, 0.3) is 0 Å². The molecule has 4 aliphatic rings. The lowest BCUT2D eigenvalue weighted by atomic mass is 9.84. The first kappa shape index (κ1) is 19.1. The van der Waals surface area contributed by atoms with Crippen molar-refractivity contribution >= 4 is 17.6 Å². The molecule has 1 saturated heterocycles. The normalized spacial score (nSPS) is 30.9.